The molecule has 0 unspecified atom stereocenters. The highest BCUT2D eigenvalue weighted by molar-refractivity contribution is 7.07. The van der Waals surface area contributed by atoms with Crippen LogP contribution in [0.15, 0.2) is 99.9 Å². The molecular weight excluding hydrogens is 542 g/mol. The van der Waals surface area contributed by atoms with Crippen LogP contribution in [0, 0.1) is 0 Å². The van der Waals surface area contributed by atoms with Gasteiger partial charge in [-0.15, -0.1) is 0 Å². The van der Waals surface area contributed by atoms with E-state index in [2.05, 4.69) is 0 Å². The summed E-state index contributed by atoms with van der Waals surface area (Å²) < 4.78 is 8.15. The van der Waals surface area contributed by atoms with Crippen molar-refractivity contribution < 1.29 is 9.53 Å². The predicted molar refractivity (Wildman–Crippen MR) is 160 cm³/mol. The maximum absolute atomic E-state index is 13.9. The Morgan fingerprint density at radius 3 is 2.48 bits per heavy atom. The van der Waals surface area contributed by atoms with Gasteiger partial charge in [0, 0.05) is 18.1 Å². The lowest BCUT2D eigenvalue weighted by atomic mass is 9.94. The highest BCUT2D eigenvalue weighted by Crippen LogP contribution is 2.31. The van der Waals surface area contributed by atoms with Gasteiger partial charge in [0.25, 0.3) is 11.5 Å². The van der Waals surface area contributed by atoms with E-state index >= 15 is 0 Å². The van der Waals surface area contributed by atoms with E-state index in [0.29, 0.717) is 51.1 Å². The molecule has 1 aliphatic heterocycles. The number of thiazole rings is 1. The van der Waals surface area contributed by atoms with Gasteiger partial charge < -0.3 is 9.64 Å². The van der Waals surface area contributed by atoms with E-state index in [1.165, 1.54) is 11.3 Å². The zero-order valence-electron chi connectivity index (χ0n) is 22.6. The van der Waals surface area contributed by atoms with Crippen LogP contribution in [0.5, 0.6) is 5.75 Å². The highest BCUT2D eigenvalue weighted by atomic mass is 35.5. The molecule has 4 aromatic rings. The lowest BCUT2D eigenvalue weighted by Gasteiger charge is -2.29. The van der Waals surface area contributed by atoms with Crippen LogP contribution in [0.4, 0.5) is 0 Å². The number of carbonyl (C=O) groups is 1. The smallest absolute Gasteiger partial charge is 0.271 e. The van der Waals surface area contributed by atoms with E-state index in [1.54, 1.807) is 21.6 Å². The molecular formula is C32H30ClN3O3S. The van der Waals surface area contributed by atoms with Gasteiger partial charge in [0.05, 0.1) is 21.8 Å². The van der Waals surface area contributed by atoms with Gasteiger partial charge in [0.15, 0.2) is 4.80 Å². The topological polar surface area (TPSA) is 63.9 Å². The molecule has 204 valence electrons. The summed E-state index contributed by atoms with van der Waals surface area (Å²) >= 11 is 7.50. The van der Waals surface area contributed by atoms with Crippen LogP contribution in [0.25, 0.3) is 6.08 Å². The Balaban J connectivity index is 1.57. The predicted octanol–water partition coefficient (Wildman–Crippen LogP) is 5.34. The van der Waals surface area contributed by atoms with Crippen molar-refractivity contribution in [2.75, 3.05) is 13.1 Å². The van der Waals surface area contributed by atoms with Gasteiger partial charge in [-0.25, -0.2) is 4.99 Å². The van der Waals surface area contributed by atoms with Crippen molar-refractivity contribution in [2.45, 2.75) is 33.4 Å². The molecule has 0 aliphatic carbocycles. The van der Waals surface area contributed by atoms with Gasteiger partial charge >= 0.3 is 0 Å². The molecule has 0 spiro atoms. The van der Waals surface area contributed by atoms with Crippen LogP contribution in [0.2, 0.25) is 5.02 Å². The average Bonchev–Trinajstić information content (AvgIpc) is 3.27. The number of carbonyl (C=O) groups excluding carboxylic acids is 1. The fraction of sp³-hybridized carbons (Fsp3) is 0.219. The number of nitrogens with zero attached hydrogens (tertiary/aromatic N) is 3. The van der Waals surface area contributed by atoms with Gasteiger partial charge in [0.2, 0.25) is 0 Å². The van der Waals surface area contributed by atoms with Gasteiger partial charge in [-0.3, -0.25) is 14.2 Å². The first-order valence-electron chi connectivity index (χ1n) is 13.2. The van der Waals surface area contributed by atoms with Gasteiger partial charge in [0.1, 0.15) is 12.4 Å². The molecule has 2 heterocycles. The molecule has 0 N–H and O–H groups in total. The SMILES string of the molecule is CCN(CC)C(=O)C1=C(C)N=c2s/c(=C/c3cccc(OCc4ccccc4)c3)c(=O)n2[C@H]1c1ccc(Cl)cc1. The Labute approximate surface area is 242 Å². The van der Waals surface area contributed by atoms with Crippen LogP contribution >= 0.6 is 22.9 Å². The maximum atomic E-state index is 13.9. The summed E-state index contributed by atoms with van der Waals surface area (Å²) in [6, 6.07) is 24.3. The number of hydrogen-bond acceptors (Lipinski definition) is 5. The maximum Gasteiger partial charge on any atom is 0.271 e. The summed E-state index contributed by atoms with van der Waals surface area (Å²) in [7, 11) is 0. The third-order valence-corrected chi connectivity index (χ3v) is 8.13. The summed E-state index contributed by atoms with van der Waals surface area (Å²) in [5.41, 5.74) is 3.64. The second-order valence-corrected chi connectivity index (χ2v) is 10.9. The number of aromatic nitrogens is 1. The lowest BCUT2D eigenvalue weighted by Crippen LogP contribution is -2.43. The van der Waals surface area contributed by atoms with Gasteiger partial charge in [-0.2, -0.15) is 0 Å². The van der Waals surface area contributed by atoms with E-state index in [9.17, 15) is 9.59 Å². The normalized spacial score (nSPS) is 15.0. The minimum Gasteiger partial charge on any atom is -0.489 e. The number of allylic oxidation sites excluding steroid dienone is 1. The number of likely N-dealkylation sites (N-methyl/N-ethyl adjacent to an activating group) is 1. The van der Waals surface area contributed by atoms with Crippen molar-refractivity contribution in [1.82, 2.24) is 9.47 Å². The monoisotopic (exact) mass is 571 g/mol. The van der Waals surface area contributed by atoms with Crippen molar-refractivity contribution >= 4 is 34.9 Å². The average molecular weight is 572 g/mol. The molecule has 6 nitrogen and oxygen atoms in total. The van der Waals surface area contributed by atoms with Crippen LogP contribution in [0.3, 0.4) is 0 Å². The van der Waals surface area contributed by atoms with Crippen LogP contribution in [-0.4, -0.2) is 28.5 Å². The lowest BCUT2D eigenvalue weighted by molar-refractivity contribution is -0.127. The Hall–Kier alpha value is -3.94. The zero-order chi connectivity index (χ0) is 28.2. The Bertz CT molecular complexity index is 1740. The quantitative estimate of drug-likeness (QED) is 0.287. The van der Waals surface area contributed by atoms with E-state index in [0.717, 1.165) is 16.7 Å². The first-order chi connectivity index (χ1) is 19.4. The molecule has 0 saturated heterocycles. The molecule has 5 rings (SSSR count). The number of benzene rings is 3. The number of ether oxygens (including phenoxy) is 1. The second kappa shape index (κ2) is 12.1. The molecule has 1 aliphatic rings. The van der Waals surface area contributed by atoms with E-state index in [1.807, 2.05) is 93.6 Å². The first kappa shape index (κ1) is 27.6. The zero-order valence-corrected chi connectivity index (χ0v) is 24.2. The van der Waals surface area contributed by atoms with Crippen molar-refractivity contribution in [3.63, 3.8) is 0 Å². The van der Waals surface area contributed by atoms with Gasteiger partial charge in [-0.05, 0) is 67.8 Å². The molecule has 1 aromatic heterocycles. The minimum atomic E-state index is -0.607. The Morgan fingerprint density at radius 2 is 1.77 bits per heavy atom. The number of hydrogen-bond donors (Lipinski definition) is 0. The van der Waals surface area contributed by atoms with E-state index in [-0.39, 0.29) is 11.5 Å². The standard InChI is InChI=1S/C32H30ClN3O3S/c1-4-35(5-2)31(38)28-21(3)34-32-36(29(28)24-14-16-25(33)17-15-24)30(37)27(40-32)19-23-12-9-13-26(18-23)39-20-22-10-7-6-8-11-22/h6-19,29H,4-5,20H2,1-3H3/b27-19+/t29-/m0/s1. The molecule has 8 heteroatoms. The molecule has 0 bridgehead atoms. The third-order valence-electron chi connectivity index (χ3n) is 6.89. The summed E-state index contributed by atoms with van der Waals surface area (Å²) in [5, 5.41) is 0.586. The fourth-order valence-corrected chi connectivity index (χ4v) is 6.00. The van der Waals surface area contributed by atoms with E-state index in [4.69, 9.17) is 21.3 Å². The number of fused-ring (bicyclic) bond motifs is 1. The van der Waals surface area contributed by atoms with Crippen molar-refractivity contribution in [2.24, 2.45) is 4.99 Å². The molecule has 1 atom stereocenters. The van der Waals surface area contributed by atoms with Crippen molar-refractivity contribution in [1.29, 1.82) is 0 Å². The summed E-state index contributed by atoms with van der Waals surface area (Å²) in [6.07, 6.45) is 1.85. The van der Waals surface area contributed by atoms with Crippen LogP contribution < -0.4 is 19.6 Å². The largest absolute Gasteiger partial charge is 0.489 e. The first-order valence-corrected chi connectivity index (χ1v) is 14.4. The molecule has 0 radical (unpaired) electrons. The minimum absolute atomic E-state index is 0.122. The Morgan fingerprint density at radius 1 is 1.05 bits per heavy atom. The second-order valence-electron chi connectivity index (χ2n) is 9.46. The highest BCUT2D eigenvalue weighted by Gasteiger charge is 2.34. The number of rotatable bonds is 8. The summed E-state index contributed by atoms with van der Waals surface area (Å²) in [5.74, 6) is 0.594. The van der Waals surface area contributed by atoms with Gasteiger partial charge in [-0.1, -0.05) is 77.5 Å². The molecule has 0 saturated carbocycles. The molecule has 40 heavy (non-hydrogen) atoms. The fourth-order valence-electron chi connectivity index (χ4n) is 4.82. The number of amides is 1. The summed E-state index contributed by atoms with van der Waals surface area (Å²) in [4.78, 5) is 34.7. The third kappa shape index (κ3) is 5.67. The summed E-state index contributed by atoms with van der Waals surface area (Å²) in [6.45, 7) is 7.31. The Kier molecular flexibility index (Phi) is 8.33. The number of halogens is 1. The van der Waals surface area contributed by atoms with E-state index < -0.39 is 6.04 Å². The van der Waals surface area contributed by atoms with Crippen LogP contribution in [-0.2, 0) is 11.4 Å². The van der Waals surface area contributed by atoms with Crippen LogP contribution in [0.1, 0.15) is 43.5 Å². The van der Waals surface area contributed by atoms with Crippen molar-refractivity contribution in [3.8, 4) is 5.75 Å². The van der Waals surface area contributed by atoms with Crippen molar-refractivity contribution in [3.05, 3.63) is 132 Å². The molecule has 3 aromatic carbocycles. The molecule has 1 amide bonds. The molecule has 0 fully saturated rings.